The van der Waals surface area contributed by atoms with Crippen LogP contribution in [0.15, 0.2) is 0 Å². The lowest BCUT2D eigenvalue weighted by molar-refractivity contribution is -0.139. The summed E-state index contributed by atoms with van der Waals surface area (Å²) in [5, 5.41) is 0. The predicted octanol–water partition coefficient (Wildman–Crippen LogP) is -0.783. The molecule has 2 aliphatic rings. The number of Topliss-reactive ketones (excluding diaryl/α,β-unsaturated/α-hetero) is 1. The molecule has 0 radical (unpaired) electrons. The average Bonchev–Trinajstić information content (AvgIpc) is 2.29. The number of nitrogens with zero attached hydrogens (tertiary/aromatic N) is 2. The zero-order valence-corrected chi connectivity index (χ0v) is 10.0. The van der Waals surface area contributed by atoms with Crippen LogP contribution in [0.2, 0.25) is 0 Å². The van der Waals surface area contributed by atoms with E-state index in [4.69, 9.17) is 9.47 Å². The summed E-state index contributed by atoms with van der Waals surface area (Å²) in [5.74, 6) is 0.226. The van der Waals surface area contributed by atoms with E-state index < -0.39 is 0 Å². The highest BCUT2D eigenvalue weighted by Crippen LogP contribution is 2.13. The number of hydrogen-bond donors (Lipinski definition) is 0. The summed E-state index contributed by atoms with van der Waals surface area (Å²) in [6.07, 6.45) is 0. The highest BCUT2D eigenvalue weighted by Gasteiger charge is 2.35. The molecule has 0 aromatic carbocycles. The first kappa shape index (κ1) is 12.0. The minimum Gasteiger partial charge on any atom is -0.378 e. The van der Waals surface area contributed by atoms with Crippen LogP contribution in [0.25, 0.3) is 0 Å². The van der Waals surface area contributed by atoms with Gasteiger partial charge in [0.25, 0.3) is 0 Å². The summed E-state index contributed by atoms with van der Waals surface area (Å²) in [7, 11) is 3.96. The molecule has 16 heavy (non-hydrogen) atoms. The number of carbonyl (C=O) groups excluding carboxylic acids is 1. The molecule has 5 heteroatoms. The van der Waals surface area contributed by atoms with Crippen molar-refractivity contribution in [1.82, 2.24) is 9.80 Å². The molecule has 2 atom stereocenters. The standard InChI is InChI=1S/C11H20N2O3/c1-12-3-5-15-7-9(12)11(14)10-8-16-6-4-13(10)2/h9-10H,3-8H2,1-2H3. The lowest BCUT2D eigenvalue weighted by Gasteiger charge is -2.37. The van der Waals surface area contributed by atoms with Crippen LogP contribution in [0.4, 0.5) is 0 Å². The third-order valence-corrected chi connectivity index (χ3v) is 3.45. The number of ether oxygens (including phenoxy) is 2. The number of morpholine rings is 2. The third kappa shape index (κ3) is 2.43. The van der Waals surface area contributed by atoms with Crippen molar-refractivity contribution in [3.63, 3.8) is 0 Å². The highest BCUT2D eigenvalue weighted by molar-refractivity contribution is 5.89. The Morgan fingerprint density at radius 3 is 1.81 bits per heavy atom. The molecule has 0 spiro atoms. The molecule has 0 amide bonds. The van der Waals surface area contributed by atoms with Gasteiger partial charge in [0.1, 0.15) is 0 Å². The van der Waals surface area contributed by atoms with E-state index in [-0.39, 0.29) is 17.9 Å². The smallest absolute Gasteiger partial charge is 0.171 e. The van der Waals surface area contributed by atoms with Crippen LogP contribution >= 0.6 is 0 Å². The van der Waals surface area contributed by atoms with Gasteiger partial charge in [0, 0.05) is 13.1 Å². The van der Waals surface area contributed by atoms with Gasteiger partial charge in [-0.25, -0.2) is 0 Å². The Kier molecular flexibility index (Phi) is 3.91. The predicted molar refractivity (Wildman–Crippen MR) is 59.5 cm³/mol. The Bertz CT molecular complexity index is 236. The molecule has 2 unspecified atom stereocenters. The minimum absolute atomic E-state index is 0.108. The second kappa shape index (κ2) is 5.23. The lowest BCUT2D eigenvalue weighted by Crippen LogP contribution is -2.57. The topological polar surface area (TPSA) is 42.0 Å². The van der Waals surface area contributed by atoms with Gasteiger partial charge in [-0.1, -0.05) is 0 Å². The van der Waals surface area contributed by atoms with Gasteiger partial charge in [-0.3, -0.25) is 14.6 Å². The lowest BCUT2D eigenvalue weighted by atomic mass is 10.0. The molecule has 2 fully saturated rings. The zero-order valence-electron chi connectivity index (χ0n) is 10.0. The quantitative estimate of drug-likeness (QED) is 0.620. The maximum atomic E-state index is 12.3. The van der Waals surface area contributed by atoms with Crippen molar-refractivity contribution >= 4 is 5.78 Å². The molecular weight excluding hydrogens is 208 g/mol. The first-order chi connectivity index (χ1) is 7.70. The van der Waals surface area contributed by atoms with Gasteiger partial charge in [-0.15, -0.1) is 0 Å². The van der Waals surface area contributed by atoms with Crippen LogP contribution in [-0.2, 0) is 14.3 Å². The molecule has 5 nitrogen and oxygen atoms in total. The fraction of sp³-hybridized carbons (Fsp3) is 0.909. The molecule has 0 bridgehead atoms. The fourth-order valence-corrected chi connectivity index (χ4v) is 2.19. The Labute approximate surface area is 96.3 Å². The highest BCUT2D eigenvalue weighted by atomic mass is 16.5. The van der Waals surface area contributed by atoms with Gasteiger partial charge in [0.05, 0.1) is 38.5 Å². The summed E-state index contributed by atoms with van der Waals surface area (Å²) in [6.45, 7) is 4.12. The molecule has 0 aromatic rings. The molecule has 0 aliphatic carbocycles. The number of rotatable bonds is 2. The van der Waals surface area contributed by atoms with Crippen molar-refractivity contribution in [2.75, 3.05) is 53.6 Å². The van der Waals surface area contributed by atoms with Gasteiger partial charge in [0.2, 0.25) is 0 Å². The third-order valence-electron chi connectivity index (χ3n) is 3.45. The van der Waals surface area contributed by atoms with Gasteiger partial charge in [0.15, 0.2) is 5.78 Å². The van der Waals surface area contributed by atoms with Crippen LogP contribution in [0.5, 0.6) is 0 Å². The van der Waals surface area contributed by atoms with Crippen molar-refractivity contribution in [3.8, 4) is 0 Å². The monoisotopic (exact) mass is 228 g/mol. The van der Waals surface area contributed by atoms with E-state index in [1.165, 1.54) is 0 Å². The second-order valence-electron chi connectivity index (χ2n) is 4.55. The van der Waals surface area contributed by atoms with Crippen LogP contribution in [0.3, 0.4) is 0 Å². The summed E-state index contributed by atoms with van der Waals surface area (Å²) in [5.41, 5.74) is 0. The van der Waals surface area contributed by atoms with Gasteiger partial charge < -0.3 is 9.47 Å². The Morgan fingerprint density at radius 2 is 1.44 bits per heavy atom. The maximum absolute atomic E-state index is 12.3. The SMILES string of the molecule is CN1CCOCC1C(=O)C1COCCN1C. The zero-order chi connectivity index (χ0) is 11.5. The van der Waals surface area contributed by atoms with Crippen LogP contribution in [0.1, 0.15) is 0 Å². The van der Waals surface area contributed by atoms with Crippen molar-refractivity contribution in [2.24, 2.45) is 0 Å². The molecule has 2 saturated heterocycles. The molecular formula is C11H20N2O3. The molecule has 92 valence electrons. The average molecular weight is 228 g/mol. The number of ketones is 1. The Hall–Kier alpha value is -0.490. The van der Waals surface area contributed by atoms with E-state index in [0.717, 1.165) is 26.3 Å². The summed E-state index contributed by atoms with van der Waals surface area (Å²) in [6, 6.07) is -0.217. The molecule has 2 rings (SSSR count). The van der Waals surface area contributed by atoms with Crippen molar-refractivity contribution in [2.45, 2.75) is 12.1 Å². The number of likely N-dealkylation sites (N-methyl/N-ethyl adjacent to an activating group) is 2. The van der Waals surface area contributed by atoms with E-state index in [9.17, 15) is 4.79 Å². The maximum Gasteiger partial charge on any atom is 0.171 e. The fourth-order valence-electron chi connectivity index (χ4n) is 2.19. The van der Waals surface area contributed by atoms with E-state index in [0.29, 0.717) is 13.2 Å². The Morgan fingerprint density at radius 1 is 1.00 bits per heavy atom. The molecule has 2 aliphatic heterocycles. The Balaban J connectivity index is 1.99. The first-order valence-corrected chi connectivity index (χ1v) is 5.80. The number of carbonyl (C=O) groups is 1. The molecule has 0 aromatic heterocycles. The van der Waals surface area contributed by atoms with Crippen LogP contribution in [0, 0.1) is 0 Å². The van der Waals surface area contributed by atoms with E-state index >= 15 is 0 Å². The molecule has 0 saturated carbocycles. The van der Waals surface area contributed by atoms with E-state index in [1.807, 2.05) is 14.1 Å². The molecule has 0 N–H and O–H groups in total. The van der Waals surface area contributed by atoms with Gasteiger partial charge in [-0.05, 0) is 14.1 Å². The van der Waals surface area contributed by atoms with Crippen LogP contribution < -0.4 is 0 Å². The van der Waals surface area contributed by atoms with Crippen molar-refractivity contribution in [1.29, 1.82) is 0 Å². The first-order valence-electron chi connectivity index (χ1n) is 5.80. The van der Waals surface area contributed by atoms with Gasteiger partial charge >= 0.3 is 0 Å². The molecule has 2 heterocycles. The van der Waals surface area contributed by atoms with Gasteiger partial charge in [-0.2, -0.15) is 0 Å². The number of hydrogen-bond acceptors (Lipinski definition) is 5. The summed E-state index contributed by atoms with van der Waals surface area (Å²) < 4.78 is 10.8. The van der Waals surface area contributed by atoms with Crippen molar-refractivity contribution in [3.05, 3.63) is 0 Å². The largest absolute Gasteiger partial charge is 0.378 e. The van der Waals surface area contributed by atoms with E-state index in [2.05, 4.69) is 9.80 Å². The second-order valence-corrected chi connectivity index (χ2v) is 4.55. The van der Waals surface area contributed by atoms with Crippen molar-refractivity contribution < 1.29 is 14.3 Å². The van der Waals surface area contributed by atoms with Crippen LogP contribution in [-0.4, -0.2) is 81.3 Å². The normalized spacial score (nSPS) is 33.9. The van der Waals surface area contributed by atoms with E-state index in [1.54, 1.807) is 0 Å². The minimum atomic E-state index is -0.108. The summed E-state index contributed by atoms with van der Waals surface area (Å²) in [4.78, 5) is 16.5. The summed E-state index contributed by atoms with van der Waals surface area (Å²) >= 11 is 0.